The van der Waals surface area contributed by atoms with Crippen molar-refractivity contribution in [2.24, 2.45) is 17.4 Å². The highest BCUT2D eigenvalue weighted by Crippen LogP contribution is 2.06. The zero-order chi connectivity index (χ0) is 24.8. The van der Waals surface area contributed by atoms with Crippen molar-refractivity contribution in [1.29, 1.82) is 0 Å². The van der Waals surface area contributed by atoms with E-state index < -0.39 is 60.2 Å². The number of hydrogen-bond donors (Lipinski definition) is 8. The molecule has 0 spiro atoms. The summed E-state index contributed by atoms with van der Waals surface area (Å²) in [5, 5.41) is 25.3. The van der Waals surface area contributed by atoms with Crippen LogP contribution in [0.2, 0.25) is 0 Å². The van der Waals surface area contributed by atoms with Crippen molar-refractivity contribution in [1.82, 2.24) is 16.0 Å². The Morgan fingerprint density at radius 1 is 0.844 bits per heavy atom. The highest BCUT2D eigenvalue weighted by molar-refractivity contribution is 7.80. The molecule has 0 saturated heterocycles. The first kappa shape index (κ1) is 29.6. The third kappa shape index (κ3) is 11.3. The Kier molecular flexibility index (Phi) is 14.3. The second kappa shape index (κ2) is 15.4. The molecule has 0 aromatic heterocycles. The average molecular weight is 478 g/mol. The standard InChI is InChI=1S/C19H35N5O7S/c1-10(2)15(21)18(29)23-12(6-7-14(25)26)17(28)22-11(5-3-4-8-20)16(27)24-13(9-32)19(30)31/h10-13,15,32H,3-9,20-21H2,1-2H3,(H,22,28)(H,23,29)(H,24,27)(H,25,26)(H,30,31). The lowest BCUT2D eigenvalue weighted by Crippen LogP contribution is -2.57. The molecule has 0 saturated carbocycles. The molecule has 0 bridgehead atoms. The fourth-order valence-electron chi connectivity index (χ4n) is 2.60. The molecular weight excluding hydrogens is 442 g/mol. The van der Waals surface area contributed by atoms with E-state index in [9.17, 15) is 24.0 Å². The predicted molar refractivity (Wildman–Crippen MR) is 120 cm³/mol. The molecule has 12 nitrogen and oxygen atoms in total. The monoisotopic (exact) mass is 477 g/mol. The SMILES string of the molecule is CC(C)C(N)C(=O)NC(CCC(=O)O)C(=O)NC(CCCCN)C(=O)NC(CS)C(=O)O. The molecule has 32 heavy (non-hydrogen) atoms. The molecule has 0 rings (SSSR count). The molecule has 0 fully saturated rings. The summed E-state index contributed by atoms with van der Waals surface area (Å²) in [7, 11) is 0. The van der Waals surface area contributed by atoms with Gasteiger partial charge in [-0.2, -0.15) is 12.6 Å². The number of unbranched alkanes of at least 4 members (excludes halogenated alkanes) is 1. The van der Waals surface area contributed by atoms with E-state index in [2.05, 4.69) is 28.6 Å². The zero-order valence-electron chi connectivity index (χ0n) is 18.4. The molecule has 0 heterocycles. The van der Waals surface area contributed by atoms with Crippen molar-refractivity contribution in [2.75, 3.05) is 12.3 Å². The number of rotatable bonds is 16. The molecule has 184 valence electrons. The summed E-state index contributed by atoms with van der Waals surface area (Å²) < 4.78 is 0. The van der Waals surface area contributed by atoms with Gasteiger partial charge in [-0.1, -0.05) is 13.8 Å². The first-order valence-corrected chi connectivity index (χ1v) is 11.0. The third-order valence-electron chi connectivity index (χ3n) is 4.68. The molecule has 3 amide bonds. The second-order valence-corrected chi connectivity index (χ2v) is 8.06. The maximum Gasteiger partial charge on any atom is 0.327 e. The van der Waals surface area contributed by atoms with Crippen LogP contribution in [-0.2, 0) is 24.0 Å². The van der Waals surface area contributed by atoms with Crippen LogP contribution >= 0.6 is 12.6 Å². The van der Waals surface area contributed by atoms with Crippen LogP contribution in [0.3, 0.4) is 0 Å². The first-order chi connectivity index (χ1) is 14.9. The number of carboxylic acid groups (broad SMARTS) is 2. The highest BCUT2D eigenvalue weighted by Gasteiger charge is 2.30. The largest absolute Gasteiger partial charge is 0.481 e. The predicted octanol–water partition coefficient (Wildman–Crippen LogP) is -1.57. The number of thiol groups is 1. The third-order valence-corrected chi connectivity index (χ3v) is 5.04. The van der Waals surface area contributed by atoms with Gasteiger partial charge in [0.2, 0.25) is 17.7 Å². The first-order valence-electron chi connectivity index (χ1n) is 10.4. The summed E-state index contributed by atoms with van der Waals surface area (Å²) in [5.74, 6) is -4.97. The van der Waals surface area contributed by atoms with Gasteiger partial charge in [-0.05, 0) is 38.1 Å². The van der Waals surface area contributed by atoms with E-state index >= 15 is 0 Å². The Hall–Kier alpha value is -2.38. The molecule has 0 aromatic carbocycles. The fourth-order valence-corrected chi connectivity index (χ4v) is 2.85. The van der Waals surface area contributed by atoms with E-state index in [4.69, 9.17) is 21.7 Å². The van der Waals surface area contributed by atoms with Gasteiger partial charge in [-0.25, -0.2) is 4.79 Å². The molecule has 0 aliphatic rings. The minimum absolute atomic E-state index is 0.158. The van der Waals surface area contributed by atoms with Gasteiger partial charge in [0.15, 0.2) is 0 Å². The summed E-state index contributed by atoms with van der Waals surface area (Å²) in [4.78, 5) is 59.9. The van der Waals surface area contributed by atoms with E-state index in [0.29, 0.717) is 19.4 Å². The van der Waals surface area contributed by atoms with Crippen LogP contribution in [0.5, 0.6) is 0 Å². The fraction of sp³-hybridized carbons (Fsp3) is 0.737. The number of nitrogens with one attached hydrogen (secondary N) is 3. The van der Waals surface area contributed by atoms with Gasteiger partial charge in [0.25, 0.3) is 0 Å². The minimum atomic E-state index is -1.28. The Morgan fingerprint density at radius 2 is 1.34 bits per heavy atom. The summed E-state index contributed by atoms with van der Waals surface area (Å²) in [6.07, 6.45) is 0.580. The number of carbonyl (C=O) groups excluding carboxylic acids is 3. The van der Waals surface area contributed by atoms with E-state index in [1.807, 2.05) is 0 Å². The van der Waals surface area contributed by atoms with Crippen molar-refractivity contribution in [3.63, 3.8) is 0 Å². The van der Waals surface area contributed by atoms with E-state index in [1.54, 1.807) is 13.8 Å². The average Bonchev–Trinajstić information content (AvgIpc) is 2.72. The molecular formula is C19H35N5O7S. The lowest BCUT2D eigenvalue weighted by Gasteiger charge is -2.25. The Morgan fingerprint density at radius 3 is 1.78 bits per heavy atom. The summed E-state index contributed by atoms with van der Waals surface area (Å²) in [6.45, 7) is 3.80. The maximum absolute atomic E-state index is 12.8. The molecule has 13 heteroatoms. The van der Waals surface area contributed by atoms with Crippen molar-refractivity contribution < 1.29 is 34.2 Å². The van der Waals surface area contributed by atoms with Crippen LogP contribution in [0.4, 0.5) is 0 Å². The van der Waals surface area contributed by atoms with Crippen LogP contribution in [0.25, 0.3) is 0 Å². The van der Waals surface area contributed by atoms with Gasteiger partial charge in [-0.15, -0.1) is 0 Å². The van der Waals surface area contributed by atoms with Crippen LogP contribution in [0, 0.1) is 5.92 Å². The zero-order valence-corrected chi connectivity index (χ0v) is 19.3. The summed E-state index contributed by atoms with van der Waals surface area (Å²) in [6, 6.07) is -4.52. The second-order valence-electron chi connectivity index (χ2n) is 7.69. The lowest BCUT2D eigenvalue weighted by molar-refractivity contribution is -0.141. The van der Waals surface area contributed by atoms with Gasteiger partial charge < -0.3 is 37.6 Å². The summed E-state index contributed by atoms with van der Waals surface area (Å²) in [5.41, 5.74) is 11.3. The van der Waals surface area contributed by atoms with E-state index in [-0.39, 0.29) is 24.5 Å². The molecule has 9 N–H and O–H groups in total. The van der Waals surface area contributed by atoms with Gasteiger partial charge in [0.05, 0.1) is 6.04 Å². The quantitative estimate of drug-likeness (QED) is 0.0950. The highest BCUT2D eigenvalue weighted by atomic mass is 32.1. The number of nitrogens with two attached hydrogens (primary N) is 2. The lowest BCUT2D eigenvalue weighted by atomic mass is 10.0. The molecule has 4 unspecified atom stereocenters. The molecule has 0 aromatic rings. The number of carbonyl (C=O) groups is 5. The van der Waals surface area contributed by atoms with Crippen LogP contribution in [0.1, 0.15) is 46.0 Å². The number of amides is 3. The Labute approximate surface area is 192 Å². The molecule has 0 radical (unpaired) electrons. The van der Waals surface area contributed by atoms with Crippen molar-refractivity contribution in [3.8, 4) is 0 Å². The summed E-state index contributed by atoms with van der Waals surface area (Å²) >= 11 is 3.89. The Balaban J connectivity index is 5.48. The van der Waals surface area contributed by atoms with Crippen molar-refractivity contribution >= 4 is 42.3 Å². The van der Waals surface area contributed by atoms with Gasteiger partial charge in [0.1, 0.15) is 18.1 Å². The van der Waals surface area contributed by atoms with Crippen LogP contribution < -0.4 is 27.4 Å². The van der Waals surface area contributed by atoms with E-state index in [1.165, 1.54) is 0 Å². The van der Waals surface area contributed by atoms with Gasteiger partial charge >= 0.3 is 11.9 Å². The van der Waals surface area contributed by atoms with Crippen LogP contribution in [0.15, 0.2) is 0 Å². The number of aliphatic carboxylic acids is 2. The molecule has 0 aliphatic heterocycles. The molecule has 4 atom stereocenters. The maximum atomic E-state index is 12.8. The topological polar surface area (TPSA) is 214 Å². The molecule has 0 aliphatic carbocycles. The van der Waals surface area contributed by atoms with Crippen molar-refractivity contribution in [3.05, 3.63) is 0 Å². The smallest absolute Gasteiger partial charge is 0.327 e. The van der Waals surface area contributed by atoms with E-state index in [0.717, 1.165) is 0 Å². The normalized spacial score (nSPS) is 14.7. The Bertz CT molecular complexity index is 662. The minimum Gasteiger partial charge on any atom is -0.481 e. The van der Waals surface area contributed by atoms with Gasteiger partial charge in [-0.3, -0.25) is 19.2 Å². The van der Waals surface area contributed by atoms with Crippen molar-refractivity contribution in [2.45, 2.75) is 70.1 Å². The number of carboxylic acids is 2. The van der Waals surface area contributed by atoms with Crippen LogP contribution in [-0.4, -0.2) is 76.3 Å². The van der Waals surface area contributed by atoms with Gasteiger partial charge in [0, 0.05) is 12.2 Å². The number of hydrogen-bond acceptors (Lipinski definition) is 8.